The third-order valence-corrected chi connectivity index (χ3v) is 5.71. The predicted molar refractivity (Wildman–Crippen MR) is 126 cm³/mol. The molecule has 1 aromatic heterocycles. The van der Waals surface area contributed by atoms with E-state index in [4.69, 9.17) is 16.3 Å². The minimum Gasteiger partial charge on any atom is -0.483 e. The van der Waals surface area contributed by atoms with Crippen molar-refractivity contribution in [1.29, 1.82) is 0 Å². The molecule has 0 radical (unpaired) electrons. The van der Waals surface area contributed by atoms with Crippen LogP contribution >= 0.6 is 23.4 Å². The van der Waals surface area contributed by atoms with Crippen LogP contribution in [0.4, 0.5) is 5.69 Å². The molecule has 31 heavy (non-hydrogen) atoms. The molecule has 0 aliphatic rings. The second-order valence-corrected chi connectivity index (χ2v) is 8.49. The topological polar surface area (TPSA) is 69.0 Å². The zero-order valence-electron chi connectivity index (χ0n) is 17.8. The second-order valence-electron chi connectivity index (χ2n) is 7.14. The van der Waals surface area contributed by atoms with Crippen LogP contribution in [0.3, 0.4) is 0 Å². The molecule has 0 aliphatic heterocycles. The molecule has 3 aromatic rings. The summed E-state index contributed by atoms with van der Waals surface area (Å²) in [6.45, 7) is 10.3. The number of hydrogen-bond acceptors (Lipinski definition) is 5. The van der Waals surface area contributed by atoms with Gasteiger partial charge < -0.3 is 10.1 Å². The zero-order chi connectivity index (χ0) is 22.4. The van der Waals surface area contributed by atoms with Crippen LogP contribution < -0.4 is 10.1 Å². The van der Waals surface area contributed by atoms with Gasteiger partial charge in [0.2, 0.25) is 5.91 Å². The molecule has 8 heteroatoms. The summed E-state index contributed by atoms with van der Waals surface area (Å²) in [4.78, 5) is 12.4. The Bertz CT molecular complexity index is 1060. The summed E-state index contributed by atoms with van der Waals surface area (Å²) in [5, 5.41) is 12.5. The average Bonchev–Trinajstić information content (AvgIpc) is 3.10. The van der Waals surface area contributed by atoms with Crippen LogP contribution in [0.2, 0.25) is 5.02 Å². The Morgan fingerprint density at radius 2 is 1.97 bits per heavy atom. The van der Waals surface area contributed by atoms with Crippen molar-refractivity contribution in [1.82, 2.24) is 14.8 Å². The number of aromatic nitrogens is 3. The van der Waals surface area contributed by atoms with Crippen molar-refractivity contribution in [3.63, 3.8) is 0 Å². The van der Waals surface area contributed by atoms with E-state index in [0.717, 1.165) is 16.9 Å². The molecular weight excluding hydrogens is 432 g/mol. The van der Waals surface area contributed by atoms with Gasteiger partial charge in [0.25, 0.3) is 0 Å². The van der Waals surface area contributed by atoms with Crippen LogP contribution in [0, 0.1) is 13.8 Å². The molecule has 3 rings (SSSR count). The summed E-state index contributed by atoms with van der Waals surface area (Å²) in [5.74, 6) is 1.46. The number of ether oxygens (including phenoxy) is 1. The molecule has 1 atom stereocenters. The van der Waals surface area contributed by atoms with Gasteiger partial charge >= 0.3 is 0 Å². The summed E-state index contributed by atoms with van der Waals surface area (Å²) in [5.41, 5.74) is 2.85. The first kappa shape index (κ1) is 22.9. The van der Waals surface area contributed by atoms with E-state index in [-0.39, 0.29) is 17.8 Å². The van der Waals surface area contributed by atoms with E-state index in [1.54, 1.807) is 18.2 Å². The van der Waals surface area contributed by atoms with Gasteiger partial charge in [-0.3, -0.25) is 9.36 Å². The minimum absolute atomic E-state index is 0.173. The lowest BCUT2D eigenvalue weighted by atomic mass is 10.1. The van der Waals surface area contributed by atoms with Crippen LogP contribution in [-0.4, -0.2) is 26.4 Å². The Morgan fingerprint density at radius 3 is 2.65 bits per heavy atom. The zero-order valence-corrected chi connectivity index (χ0v) is 19.3. The fourth-order valence-electron chi connectivity index (χ4n) is 3.14. The number of aryl methyl sites for hydroxylation is 2. The summed E-state index contributed by atoms with van der Waals surface area (Å²) >= 11 is 7.40. The largest absolute Gasteiger partial charge is 0.483 e. The van der Waals surface area contributed by atoms with Crippen LogP contribution in [-0.2, 0) is 11.3 Å². The molecule has 1 amide bonds. The van der Waals surface area contributed by atoms with Crippen LogP contribution in [0.15, 0.2) is 60.3 Å². The van der Waals surface area contributed by atoms with Gasteiger partial charge in [-0.2, -0.15) is 0 Å². The number of benzene rings is 2. The summed E-state index contributed by atoms with van der Waals surface area (Å²) in [6, 6.07) is 13.2. The molecule has 2 aromatic carbocycles. The highest BCUT2D eigenvalue weighted by atomic mass is 35.5. The fourth-order valence-corrected chi connectivity index (χ4v) is 4.08. The Balaban J connectivity index is 1.70. The molecule has 6 nitrogen and oxygen atoms in total. The van der Waals surface area contributed by atoms with E-state index in [0.29, 0.717) is 28.2 Å². The molecule has 0 bridgehead atoms. The van der Waals surface area contributed by atoms with E-state index < -0.39 is 0 Å². The number of anilines is 1. The smallest absolute Gasteiger partial charge is 0.234 e. The third-order valence-electron chi connectivity index (χ3n) is 4.41. The maximum Gasteiger partial charge on any atom is 0.234 e. The third kappa shape index (κ3) is 6.12. The molecule has 0 aliphatic carbocycles. The number of nitrogens with zero attached hydrogens (tertiary/aromatic N) is 3. The number of hydrogen-bond donors (Lipinski definition) is 1. The van der Waals surface area contributed by atoms with E-state index >= 15 is 0 Å². The molecule has 1 unspecified atom stereocenters. The van der Waals surface area contributed by atoms with Crippen molar-refractivity contribution in [2.45, 2.75) is 38.6 Å². The number of allylic oxidation sites excluding steroid dienone is 1. The van der Waals surface area contributed by atoms with Gasteiger partial charge in [0.15, 0.2) is 17.1 Å². The number of nitrogens with one attached hydrogen (secondary N) is 1. The maximum atomic E-state index is 12.4. The molecule has 0 saturated heterocycles. The van der Waals surface area contributed by atoms with Crippen molar-refractivity contribution < 1.29 is 9.53 Å². The SMILES string of the molecule is C=CCn1c(SCC(=O)Nc2ccccc2Cl)nnc1C(C)Oc1cc(C)cc(C)c1. The number of amides is 1. The van der Waals surface area contributed by atoms with Gasteiger partial charge in [-0.15, -0.1) is 16.8 Å². The lowest BCUT2D eigenvalue weighted by Crippen LogP contribution is -2.15. The first-order valence-corrected chi connectivity index (χ1v) is 11.2. The first-order chi connectivity index (χ1) is 14.9. The lowest BCUT2D eigenvalue weighted by molar-refractivity contribution is -0.113. The van der Waals surface area contributed by atoms with Gasteiger partial charge in [-0.25, -0.2) is 0 Å². The Kier molecular flexibility index (Phi) is 7.76. The summed E-state index contributed by atoms with van der Waals surface area (Å²) in [7, 11) is 0. The first-order valence-electron chi connectivity index (χ1n) is 9.83. The molecule has 0 saturated carbocycles. The number of halogens is 1. The van der Waals surface area contributed by atoms with Crippen molar-refractivity contribution >= 4 is 35.0 Å². The number of para-hydroxylation sites is 1. The van der Waals surface area contributed by atoms with E-state index in [1.165, 1.54) is 11.8 Å². The van der Waals surface area contributed by atoms with Gasteiger partial charge in [0.05, 0.1) is 16.5 Å². The summed E-state index contributed by atoms with van der Waals surface area (Å²) < 4.78 is 8.03. The second kappa shape index (κ2) is 10.5. The molecule has 1 heterocycles. The predicted octanol–water partition coefficient (Wildman–Crippen LogP) is 5.61. The van der Waals surface area contributed by atoms with Gasteiger partial charge in [0.1, 0.15) is 5.75 Å². The van der Waals surface area contributed by atoms with Crippen molar-refractivity contribution in [2.24, 2.45) is 0 Å². The highest BCUT2D eigenvalue weighted by molar-refractivity contribution is 7.99. The van der Waals surface area contributed by atoms with E-state index in [1.807, 2.05) is 49.6 Å². The average molecular weight is 457 g/mol. The molecule has 1 N–H and O–H groups in total. The summed E-state index contributed by atoms with van der Waals surface area (Å²) in [6.07, 6.45) is 1.45. The van der Waals surface area contributed by atoms with Crippen LogP contribution in [0.1, 0.15) is 30.0 Å². The van der Waals surface area contributed by atoms with Crippen molar-refractivity contribution in [2.75, 3.05) is 11.1 Å². The fraction of sp³-hybridized carbons (Fsp3) is 0.261. The number of rotatable bonds is 9. The van der Waals surface area contributed by atoms with Gasteiger partial charge in [0, 0.05) is 6.54 Å². The highest BCUT2D eigenvalue weighted by Gasteiger charge is 2.20. The molecule has 0 fully saturated rings. The number of thioether (sulfide) groups is 1. The van der Waals surface area contributed by atoms with Gasteiger partial charge in [-0.1, -0.05) is 47.6 Å². The molecule has 162 valence electrons. The van der Waals surface area contributed by atoms with E-state index in [9.17, 15) is 4.79 Å². The normalized spacial score (nSPS) is 11.7. The Morgan fingerprint density at radius 1 is 1.26 bits per heavy atom. The minimum atomic E-state index is -0.319. The number of carbonyl (C=O) groups excluding carboxylic acids is 1. The van der Waals surface area contributed by atoms with Crippen molar-refractivity contribution in [3.8, 4) is 5.75 Å². The quantitative estimate of drug-likeness (QED) is 0.335. The molecular formula is C23H25ClN4O2S. The van der Waals surface area contributed by atoms with Gasteiger partial charge in [-0.05, 0) is 56.2 Å². The number of carbonyl (C=O) groups is 1. The molecule has 0 spiro atoms. The Labute approximate surface area is 191 Å². The van der Waals surface area contributed by atoms with Crippen LogP contribution in [0.5, 0.6) is 5.75 Å². The maximum absolute atomic E-state index is 12.4. The van der Waals surface area contributed by atoms with Crippen molar-refractivity contribution in [3.05, 3.63) is 77.1 Å². The standard InChI is InChI=1S/C23H25ClN4O2S/c1-5-10-28-22(17(4)30-18-12-15(2)11-16(3)13-18)26-27-23(28)31-14-21(29)25-20-9-7-6-8-19(20)24/h5-9,11-13,17H,1,10,14H2,2-4H3,(H,25,29). The lowest BCUT2D eigenvalue weighted by Gasteiger charge is -2.16. The highest BCUT2D eigenvalue weighted by Crippen LogP contribution is 2.26. The van der Waals surface area contributed by atoms with E-state index in [2.05, 4.69) is 28.2 Å². The van der Waals surface area contributed by atoms with Crippen LogP contribution in [0.25, 0.3) is 0 Å². The monoisotopic (exact) mass is 456 g/mol. The Hall–Kier alpha value is -2.77.